The molecular formula is C49H32N4S. The number of benzene rings is 8. The predicted octanol–water partition coefficient (Wildman–Crippen LogP) is 13.4. The number of nitrogens with zero attached hydrogens (tertiary/aromatic N) is 4. The maximum absolute atomic E-state index is 5.10. The van der Waals surface area contributed by atoms with E-state index in [-0.39, 0.29) is 0 Å². The first-order chi connectivity index (χ1) is 26.8. The van der Waals surface area contributed by atoms with Gasteiger partial charge in [0.05, 0.1) is 33.4 Å². The van der Waals surface area contributed by atoms with Gasteiger partial charge in [0.2, 0.25) is 0 Å². The van der Waals surface area contributed by atoms with Gasteiger partial charge in [-0.05, 0) is 114 Å². The van der Waals surface area contributed by atoms with E-state index in [2.05, 4.69) is 202 Å². The van der Waals surface area contributed by atoms with Crippen molar-refractivity contribution < 1.29 is 0 Å². The Morgan fingerprint density at radius 3 is 1.80 bits per heavy atom. The lowest BCUT2D eigenvalue weighted by molar-refractivity contribution is 1.10. The molecule has 8 aromatic carbocycles. The number of hydrogen-bond acceptors (Lipinski definition) is 3. The standard InChI is InChI=1S/C49H32N4S/c1-3-13-36(14-4-1)52-45-21-11-12-22-47(45)54-48-32-35(26-30-46(48)52)34-25-29-43-40(31-34)39-17-7-9-19-42(39)51(43)38-27-23-33(24-28-38)49-50-41-18-8-10-20-44(41)53(49)37-15-5-2-6-16-37/h1-32H. The second-order valence-corrected chi connectivity index (χ2v) is 14.7. The lowest BCUT2D eigenvalue weighted by Gasteiger charge is -2.33. The third kappa shape index (κ3) is 4.90. The van der Waals surface area contributed by atoms with Gasteiger partial charge in [0.1, 0.15) is 5.82 Å². The third-order valence-electron chi connectivity index (χ3n) is 10.5. The van der Waals surface area contributed by atoms with Gasteiger partial charge >= 0.3 is 0 Å². The molecule has 1 aliphatic heterocycles. The van der Waals surface area contributed by atoms with Gasteiger partial charge in [-0.3, -0.25) is 4.57 Å². The van der Waals surface area contributed by atoms with Crippen LogP contribution in [0.2, 0.25) is 0 Å². The smallest absolute Gasteiger partial charge is 0.145 e. The van der Waals surface area contributed by atoms with E-state index in [0.29, 0.717) is 0 Å². The molecule has 0 N–H and O–H groups in total. The molecule has 0 fully saturated rings. The van der Waals surface area contributed by atoms with Crippen LogP contribution in [0.15, 0.2) is 204 Å². The topological polar surface area (TPSA) is 26.0 Å². The normalized spacial score (nSPS) is 12.3. The Hall–Kier alpha value is -6.82. The van der Waals surface area contributed by atoms with Crippen molar-refractivity contribution in [2.75, 3.05) is 4.90 Å². The molecule has 10 aromatic rings. The average molecular weight is 709 g/mol. The number of para-hydroxylation sites is 6. The summed E-state index contributed by atoms with van der Waals surface area (Å²) in [6.07, 6.45) is 0. The highest BCUT2D eigenvalue weighted by atomic mass is 32.2. The van der Waals surface area contributed by atoms with E-state index >= 15 is 0 Å². The molecule has 3 heterocycles. The van der Waals surface area contributed by atoms with Crippen LogP contribution >= 0.6 is 11.8 Å². The first-order valence-electron chi connectivity index (χ1n) is 18.2. The van der Waals surface area contributed by atoms with E-state index in [1.165, 1.54) is 54.1 Å². The van der Waals surface area contributed by atoms with Crippen LogP contribution in [-0.4, -0.2) is 14.1 Å². The number of imidazole rings is 1. The zero-order chi connectivity index (χ0) is 35.6. The molecule has 0 saturated heterocycles. The number of rotatable bonds is 5. The van der Waals surface area contributed by atoms with Crippen molar-refractivity contribution in [2.24, 2.45) is 0 Å². The van der Waals surface area contributed by atoms with E-state index in [1.54, 1.807) is 0 Å². The summed E-state index contributed by atoms with van der Waals surface area (Å²) in [6, 6.07) is 69.6. The third-order valence-corrected chi connectivity index (χ3v) is 11.6. The monoisotopic (exact) mass is 708 g/mol. The minimum absolute atomic E-state index is 0.930. The molecule has 5 heteroatoms. The van der Waals surface area contributed by atoms with E-state index < -0.39 is 0 Å². The van der Waals surface area contributed by atoms with Crippen molar-refractivity contribution >= 4 is 61.7 Å². The van der Waals surface area contributed by atoms with Crippen LogP contribution in [0.5, 0.6) is 0 Å². The molecule has 0 spiro atoms. The maximum Gasteiger partial charge on any atom is 0.145 e. The summed E-state index contributed by atoms with van der Waals surface area (Å²) in [5, 5.41) is 2.47. The van der Waals surface area contributed by atoms with Crippen molar-refractivity contribution in [2.45, 2.75) is 9.79 Å². The molecule has 0 aliphatic carbocycles. The van der Waals surface area contributed by atoms with Gasteiger partial charge in [-0.2, -0.15) is 0 Å². The SMILES string of the molecule is c1ccc(N2c3ccccc3Sc3cc(-c4ccc5c(c4)c4ccccc4n5-c4ccc(-c5nc6ccccc6n5-c5ccccc5)cc4)ccc32)cc1. The van der Waals surface area contributed by atoms with Crippen molar-refractivity contribution in [1.29, 1.82) is 0 Å². The molecule has 1 aliphatic rings. The Labute approximate surface area is 317 Å². The maximum atomic E-state index is 5.10. The minimum Gasteiger partial charge on any atom is -0.309 e. The van der Waals surface area contributed by atoms with Crippen molar-refractivity contribution in [3.05, 3.63) is 194 Å². The lowest BCUT2D eigenvalue weighted by Crippen LogP contribution is -2.14. The zero-order valence-corrected chi connectivity index (χ0v) is 30.0. The summed E-state index contributed by atoms with van der Waals surface area (Å²) in [5.41, 5.74) is 13.7. The quantitative estimate of drug-likeness (QED) is 0.178. The molecule has 54 heavy (non-hydrogen) atoms. The molecular weight excluding hydrogens is 677 g/mol. The summed E-state index contributed by atoms with van der Waals surface area (Å²) in [5.74, 6) is 0.930. The highest BCUT2D eigenvalue weighted by molar-refractivity contribution is 7.99. The van der Waals surface area contributed by atoms with Crippen molar-refractivity contribution in [3.8, 4) is 33.9 Å². The van der Waals surface area contributed by atoms with Crippen LogP contribution < -0.4 is 4.90 Å². The molecule has 0 unspecified atom stereocenters. The Kier molecular flexibility index (Phi) is 7.07. The zero-order valence-electron chi connectivity index (χ0n) is 29.2. The molecule has 2 aromatic heterocycles. The first-order valence-corrected chi connectivity index (χ1v) is 19.0. The van der Waals surface area contributed by atoms with Gasteiger partial charge in [-0.15, -0.1) is 0 Å². The van der Waals surface area contributed by atoms with Crippen LogP contribution in [0.1, 0.15) is 0 Å². The fourth-order valence-corrected chi connectivity index (χ4v) is 9.14. The first kappa shape index (κ1) is 30.8. The van der Waals surface area contributed by atoms with E-state index in [9.17, 15) is 0 Å². The largest absolute Gasteiger partial charge is 0.309 e. The average Bonchev–Trinajstić information content (AvgIpc) is 3.79. The highest BCUT2D eigenvalue weighted by Gasteiger charge is 2.25. The highest BCUT2D eigenvalue weighted by Crippen LogP contribution is 2.52. The Balaban J connectivity index is 1.00. The number of aromatic nitrogens is 3. The van der Waals surface area contributed by atoms with Crippen LogP contribution in [0.3, 0.4) is 0 Å². The fraction of sp³-hybridized carbons (Fsp3) is 0. The minimum atomic E-state index is 0.930. The van der Waals surface area contributed by atoms with Crippen LogP contribution in [0.25, 0.3) is 66.7 Å². The van der Waals surface area contributed by atoms with Gasteiger partial charge in [-0.1, -0.05) is 103 Å². The summed E-state index contributed by atoms with van der Waals surface area (Å²) in [7, 11) is 0. The lowest BCUT2D eigenvalue weighted by atomic mass is 10.0. The van der Waals surface area contributed by atoms with Gasteiger partial charge in [-0.25, -0.2) is 4.98 Å². The summed E-state index contributed by atoms with van der Waals surface area (Å²) < 4.78 is 4.64. The van der Waals surface area contributed by atoms with E-state index in [4.69, 9.17) is 4.98 Å². The summed E-state index contributed by atoms with van der Waals surface area (Å²) in [4.78, 5) is 9.98. The Morgan fingerprint density at radius 2 is 0.963 bits per heavy atom. The van der Waals surface area contributed by atoms with Gasteiger partial charge in [0.25, 0.3) is 0 Å². The van der Waals surface area contributed by atoms with E-state index in [0.717, 1.165) is 39.5 Å². The second-order valence-electron chi connectivity index (χ2n) is 13.6. The number of fused-ring (bicyclic) bond motifs is 6. The molecule has 0 bridgehead atoms. The second kappa shape index (κ2) is 12.4. The Morgan fingerprint density at radius 1 is 0.370 bits per heavy atom. The summed E-state index contributed by atoms with van der Waals surface area (Å²) >= 11 is 1.85. The van der Waals surface area contributed by atoms with Gasteiger partial charge < -0.3 is 9.47 Å². The van der Waals surface area contributed by atoms with Crippen LogP contribution in [0.4, 0.5) is 17.1 Å². The number of hydrogen-bond donors (Lipinski definition) is 0. The molecule has 0 atom stereocenters. The molecule has 0 radical (unpaired) electrons. The fourth-order valence-electron chi connectivity index (χ4n) is 8.04. The van der Waals surface area contributed by atoms with Crippen LogP contribution in [0, 0.1) is 0 Å². The van der Waals surface area contributed by atoms with Crippen molar-refractivity contribution in [3.63, 3.8) is 0 Å². The molecule has 0 saturated carbocycles. The Bertz CT molecular complexity index is 3020. The molecule has 4 nitrogen and oxygen atoms in total. The van der Waals surface area contributed by atoms with Crippen LogP contribution in [-0.2, 0) is 0 Å². The van der Waals surface area contributed by atoms with E-state index in [1.807, 2.05) is 17.8 Å². The number of anilines is 3. The van der Waals surface area contributed by atoms with Crippen molar-refractivity contribution in [1.82, 2.24) is 14.1 Å². The molecule has 254 valence electrons. The molecule has 11 rings (SSSR count). The van der Waals surface area contributed by atoms with Gasteiger partial charge in [0.15, 0.2) is 0 Å². The predicted molar refractivity (Wildman–Crippen MR) is 225 cm³/mol. The molecule has 0 amide bonds. The van der Waals surface area contributed by atoms with Gasteiger partial charge in [0, 0.05) is 43.2 Å². The summed E-state index contributed by atoms with van der Waals surface area (Å²) in [6.45, 7) is 0.